The van der Waals surface area contributed by atoms with Crippen LogP contribution in [0.15, 0.2) is 24.3 Å². The van der Waals surface area contributed by atoms with E-state index in [1.165, 1.54) is 5.56 Å². The van der Waals surface area contributed by atoms with Gasteiger partial charge in [0.05, 0.1) is 19.3 Å². The molecule has 0 spiro atoms. The van der Waals surface area contributed by atoms with Crippen molar-refractivity contribution in [3.63, 3.8) is 0 Å². The molecular formula is C20H27N5O2. The zero-order valence-corrected chi connectivity index (χ0v) is 16.5. The highest BCUT2D eigenvalue weighted by atomic mass is 16.5. The van der Waals surface area contributed by atoms with Crippen LogP contribution in [0.4, 0.5) is 11.8 Å². The molecule has 27 heavy (non-hydrogen) atoms. The molecule has 7 nitrogen and oxygen atoms in total. The molecule has 1 aliphatic heterocycles. The Morgan fingerprint density at radius 2 is 2.00 bits per heavy atom. The van der Waals surface area contributed by atoms with E-state index in [0.29, 0.717) is 19.0 Å². The number of nitrogens with zero attached hydrogens (tertiary/aromatic N) is 4. The molecular weight excluding hydrogens is 342 g/mol. The van der Waals surface area contributed by atoms with E-state index in [1.807, 2.05) is 36.0 Å². The second-order valence-electron chi connectivity index (χ2n) is 6.91. The first kappa shape index (κ1) is 18.9. The number of methoxy groups -OCH3 is 1. The van der Waals surface area contributed by atoms with Gasteiger partial charge in [-0.15, -0.1) is 0 Å². The van der Waals surface area contributed by atoms with E-state index in [0.717, 1.165) is 42.2 Å². The molecule has 1 N–H and O–H groups in total. The second-order valence-corrected chi connectivity index (χ2v) is 6.91. The number of anilines is 2. The van der Waals surface area contributed by atoms with Crippen molar-refractivity contribution in [2.75, 3.05) is 44.5 Å². The van der Waals surface area contributed by atoms with Crippen LogP contribution in [-0.2, 0) is 24.2 Å². The lowest BCUT2D eigenvalue weighted by molar-refractivity contribution is -0.129. The Bertz CT molecular complexity index is 805. The molecule has 0 unspecified atom stereocenters. The van der Waals surface area contributed by atoms with Crippen molar-refractivity contribution < 1.29 is 9.53 Å². The molecule has 1 aliphatic rings. The molecule has 1 amide bonds. The third-order valence-electron chi connectivity index (χ3n) is 4.76. The SMILES string of the molecule is COc1ccc(CCNc2nc(N(C)C)nc3c2CCN(C(C)=O)C3)cc1. The van der Waals surface area contributed by atoms with Crippen molar-refractivity contribution in [1.82, 2.24) is 14.9 Å². The maximum Gasteiger partial charge on any atom is 0.227 e. The Morgan fingerprint density at radius 1 is 1.26 bits per heavy atom. The van der Waals surface area contributed by atoms with Gasteiger partial charge in [-0.3, -0.25) is 4.79 Å². The fourth-order valence-electron chi connectivity index (χ4n) is 3.15. The highest BCUT2D eigenvalue weighted by Crippen LogP contribution is 2.26. The average molecular weight is 369 g/mol. The van der Waals surface area contributed by atoms with Gasteiger partial charge in [0.15, 0.2) is 0 Å². The summed E-state index contributed by atoms with van der Waals surface area (Å²) in [6, 6.07) is 8.10. The van der Waals surface area contributed by atoms with Crippen LogP contribution in [0.3, 0.4) is 0 Å². The van der Waals surface area contributed by atoms with Gasteiger partial charge in [-0.1, -0.05) is 12.1 Å². The zero-order valence-electron chi connectivity index (χ0n) is 16.5. The topological polar surface area (TPSA) is 70.6 Å². The summed E-state index contributed by atoms with van der Waals surface area (Å²) < 4.78 is 5.20. The molecule has 144 valence electrons. The molecule has 0 radical (unpaired) electrons. The molecule has 0 saturated carbocycles. The van der Waals surface area contributed by atoms with Crippen LogP contribution in [0, 0.1) is 0 Å². The maximum absolute atomic E-state index is 11.7. The van der Waals surface area contributed by atoms with Crippen LogP contribution in [0.5, 0.6) is 5.75 Å². The summed E-state index contributed by atoms with van der Waals surface area (Å²) in [4.78, 5) is 24.8. The number of rotatable bonds is 6. The molecule has 0 saturated heterocycles. The highest BCUT2D eigenvalue weighted by Gasteiger charge is 2.24. The zero-order chi connectivity index (χ0) is 19.4. The summed E-state index contributed by atoms with van der Waals surface area (Å²) in [5.41, 5.74) is 3.29. The summed E-state index contributed by atoms with van der Waals surface area (Å²) in [5.74, 6) is 2.48. The molecule has 0 atom stereocenters. The number of fused-ring (bicyclic) bond motifs is 1. The summed E-state index contributed by atoms with van der Waals surface area (Å²) in [7, 11) is 5.52. The third-order valence-corrected chi connectivity index (χ3v) is 4.76. The van der Waals surface area contributed by atoms with Crippen LogP contribution in [-0.4, -0.2) is 55.1 Å². The van der Waals surface area contributed by atoms with E-state index in [4.69, 9.17) is 9.72 Å². The van der Waals surface area contributed by atoms with Gasteiger partial charge in [0.1, 0.15) is 11.6 Å². The number of carbonyl (C=O) groups is 1. The average Bonchev–Trinajstić information content (AvgIpc) is 2.67. The van der Waals surface area contributed by atoms with Crippen molar-refractivity contribution in [3.8, 4) is 5.75 Å². The van der Waals surface area contributed by atoms with E-state index in [2.05, 4.69) is 22.4 Å². The molecule has 3 rings (SSSR count). The molecule has 0 fully saturated rings. The fourth-order valence-corrected chi connectivity index (χ4v) is 3.15. The lowest BCUT2D eigenvalue weighted by Gasteiger charge is -2.29. The maximum atomic E-state index is 11.7. The Labute approximate surface area is 160 Å². The Morgan fingerprint density at radius 3 is 2.63 bits per heavy atom. The first-order chi connectivity index (χ1) is 13.0. The predicted octanol–water partition coefficient (Wildman–Crippen LogP) is 2.11. The highest BCUT2D eigenvalue weighted by molar-refractivity contribution is 5.73. The minimum atomic E-state index is 0.0830. The van der Waals surface area contributed by atoms with Gasteiger partial charge >= 0.3 is 0 Å². The number of amides is 1. The van der Waals surface area contributed by atoms with Gasteiger partial charge in [0, 0.05) is 39.7 Å². The lowest BCUT2D eigenvalue weighted by Crippen LogP contribution is -2.36. The Balaban J connectivity index is 1.74. The van der Waals surface area contributed by atoms with Crippen molar-refractivity contribution >= 4 is 17.7 Å². The molecule has 2 heterocycles. The first-order valence-corrected chi connectivity index (χ1v) is 9.17. The van der Waals surface area contributed by atoms with E-state index in [1.54, 1.807) is 14.0 Å². The number of benzene rings is 1. The Kier molecular flexibility index (Phi) is 5.78. The summed E-state index contributed by atoms with van der Waals surface area (Å²) >= 11 is 0. The van der Waals surface area contributed by atoms with Gasteiger partial charge in [-0.25, -0.2) is 4.98 Å². The van der Waals surface area contributed by atoms with Crippen LogP contribution >= 0.6 is 0 Å². The third kappa shape index (κ3) is 4.48. The van der Waals surface area contributed by atoms with Crippen molar-refractivity contribution in [2.45, 2.75) is 26.3 Å². The number of carbonyl (C=O) groups excluding carboxylic acids is 1. The van der Waals surface area contributed by atoms with Gasteiger partial charge in [0.2, 0.25) is 11.9 Å². The number of hydrogen-bond donors (Lipinski definition) is 1. The van der Waals surface area contributed by atoms with E-state index >= 15 is 0 Å². The van der Waals surface area contributed by atoms with E-state index < -0.39 is 0 Å². The number of hydrogen-bond acceptors (Lipinski definition) is 6. The van der Waals surface area contributed by atoms with Crippen molar-refractivity contribution in [3.05, 3.63) is 41.1 Å². The predicted molar refractivity (Wildman–Crippen MR) is 106 cm³/mol. The summed E-state index contributed by atoms with van der Waals surface area (Å²) in [5, 5.41) is 3.48. The molecule has 0 aliphatic carbocycles. The van der Waals surface area contributed by atoms with Crippen LogP contribution in [0.2, 0.25) is 0 Å². The number of ether oxygens (including phenoxy) is 1. The lowest BCUT2D eigenvalue weighted by atomic mass is 10.1. The molecule has 1 aromatic carbocycles. The molecule has 0 bridgehead atoms. The standard InChI is InChI=1S/C20H27N5O2/c1-14(26)25-12-10-17-18(13-25)22-20(24(2)3)23-19(17)21-11-9-15-5-7-16(27-4)8-6-15/h5-8H,9-13H2,1-4H3,(H,21,22,23). The summed E-state index contributed by atoms with van der Waals surface area (Å²) in [6.45, 7) is 3.63. The van der Waals surface area contributed by atoms with Gasteiger partial charge in [0.25, 0.3) is 0 Å². The largest absolute Gasteiger partial charge is 0.497 e. The monoisotopic (exact) mass is 369 g/mol. The van der Waals surface area contributed by atoms with Crippen LogP contribution in [0.1, 0.15) is 23.7 Å². The minimum Gasteiger partial charge on any atom is -0.497 e. The number of nitrogens with one attached hydrogen (secondary N) is 1. The minimum absolute atomic E-state index is 0.0830. The second kappa shape index (κ2) is 8.24. The van der Waals surface area contributed by atoms with E-state index in [-0.39, 0.29) is 5.91 Å². The van der Waals surface area contributed by atoms with Gasteiger partial charge < -0.3 is 19.9 Å². The normalized spacial score (nSPS) is 13.1. The summed E-state index contributed by atoms with van der Waals surface area (Å²) in [6.07, 6.45) is 1.66. The van der Waals surface area contributed by atoms with Gasteiger partial charge in [-0.05, 0) is 30.5 Å². The van der Waals surface area contributed by atoms with Gasteiger partial charge in [-0.2, -0.15) is 4.98 Å². The van der Waals surface area contributed by atoms with Crippen LogP contribution < -0.4 is 15.0 Å². The van der Waals surface area contributed by atoms with Crippen molar-refractivity contribution in [1.29, 1.82) is 0 Å². The van der Waals surface area contributed by atoms with Crippen molar-refractivity contribution in [2.24, 2.45) is 0 Å². The van der Waals surface area contributed by atoms with Crippen LogP contribution in [0.25, 0.3) is 0 Å². The molecule has 2 aromatic rings. The Hall–Kier alpha value is -2.83. The fraction of sp³-hybridized carbons (Fsp3) is 0.450. The molecule has 1 aromatic heterocycles. The quantitative estimate of drug-likeness (QED) is 0.841. The first-order valence-electron chi connectivity index (χ1n) is 9.17. The molecule has 7 heteroatoms. The smallest absolute Gasteiger partial charge is 0.227 e. The number of aromatic nitrogens is 2. The van der Waals surface area contributed by atoms with E-state index in [9.17, 15) is 4.79 Å².